The van der Waals surface area contributed by atoms with Crippen LogP contribution < -0.4 is 0 Å². The highest BCUT2D eigenvalue weighted by molar-refractivity contribution is 5.73. The van der Waals surface area contributed by atoms with Gasteiger partial charge < -0.3 is 20.1 Å². The van der Waals surface area contributed by atoms with Crippen LogP contribution in [0.4, 0.5) is 0 Å². The molecule has 1 aromatic rings. The summed E-state index contributed by atoms with van der Waals surface area (Å²) in [6.07, 6.45) is 0.363. The maximum absolute atomic E-state index is 11.7. The van der Waals surface area contributed by atoms with E-state index in [9.17, 15) is 9.90 Å². The molecule has 0 fully saturated rings. The minimum atomic E-state index is -0.717. The minimum Gasteiger partial charge on any atom is -0.504 e. The smallest absolute Gasteiger partial charge is 0.310 e. The van der Waals surface area contributed by atoms with Crippen LogP contribution in [0.15, 0.2) is 18.2 Å². The first-order valence-corrected chi connectivity index (χ1v) is 5.67. The van der Waals surface area contributed by atoms with Gasteiger partial charge in [0.05, 0.1) is 6.42 Å². The number of esters is 1. The lowest BCUT2D eigenvalue weighted by atomic mass is 10.1. The lowest BCUT2D eigenvalue weighted by Crippen LogP contribution is -2.29. The van der Waals surface area contributed by atoms with Crippen molar-refractivity contribution >= 4 is 5.97 Å². The molecular weight excluding hydrogens is 236 g/mol. The van der Waals surface area contributed by atoms with E-state index in [1.54, 1.807) is 13.8 Å². The van der Waals surface area contributed by atoms with Crippen molar-refractivity contribution in [3.8, 4) is 11.5 Å². The normalized spacial score (nSPS) is 11.3. The number of phenols is 2. The van der Waals surface area contributed by atoms with Crippen LogP contribution in [-0.4, -0.2) is 33.5 Å². The Morgan fingerprint density at radius 3 is 2.50 bits per heavy atom. The summed E-state index contributed by atoms with van der Waals surface area (Å²) in [7, 11) is 0. The molecule has 0 aliphatic heterocycles. The second-order valence-electron chi connectivity index (χ2n) is 4.71. The average molecular weight is 254 g/mol. The van der Waals surface area contributed by atoms with Crippen LogP contribution in [0, 0.1) is 0 Å². The number of ether oxygens (including phenoxy) is 1. The molecule has 0 radical (unpaired) electrons. The molecule has 0 atom stereocenters. The van der Waals surface area contributed by atoms with E-state index in [-0.39, 0.29) is 24.5 Å². The standard InChI is InChI=1S/C13H18O5/c1-13(2,5-6-14)18-12(17)8-9-3-4-10(15)11(16)7-9/h3-4,7,14-16H,5-6,8H2,1-2H3. The zero-order valence-electron chi connectivity index (χ0n) is 10.5. The van der Waals surface area contributed by atoms with Crippen LogP contribution in [0.3, 0.4) is 0 Å². The fraction of sp³-hybridized carbons (Fsp3) is 0.462. The van der Waals surface area contributed by atoms with Gasteiger partial charge in [0.25, 0.3) is 0 Å². The molecule has 5 nitrogen and oxygen atoms in total. The van der Waals surface area contributed by atoms with Crippen LogP contribution in [0.5, 0.6) is 11.5 Å². The van der Waals surface area contributed by atoms with Gasteiger partial charge in [-0.2, -0.15) is 0 Å². The first kappa shape index (κ1) is 14.3. The molecule has 0 saturated heterocycles. The number of aliphatic hydroxyl groups is 1. The lowest BCUT2D eigenvalue weighted by molar-refractivity contribution is -0.156. The van der Waals surface area contributed by atoms with E-state index < -0.39 is 11.6 Å². The molecule has 1 rings (SSSR count). The Morgan fingerprint density at radius 2 is 1.94 bits per heavy atom. The molecule has 0 saturated carbocycles. The third-order valence-electron chi connectivity index (χ3n) is 2.49. The topological polar surface area (TPSA) is 87.0 Å². The molecule has 0 amide bonds. The molecule has 0 bridgehead atoms. The predicted octanol–water partition coefficient (Wildman–Crippen LogP) is 1.34. The summed E-state index contributed by atoms with van der Waals surface area (Å²) in [5.41, 5.74) is -0.166. The number of carbonyl (C=O) groups is 1. The molecule has 18 heavy (non-hydrogen) atoms. The van der Waals surface area contributed by atoms with Crippen molar-refractivity contribution in [3.63, 3.8) is 0 Å². The molecule has 5 heteroatoms. The molecule has 0 unspecified atom stereocenters. The summed E-state index contributed by atoms with van der Waals surface area (Å²) >= 11 is 0. The number of aromatic hydroxyl groups is 2. The van der Waals surface area contributed by atoms with Gasteiger partial charge in [-0.3, -0.25) is 4.79 Å². The van der Waals surface area contributed by atoms with Gasteiger partial charge in [0.15, 0.2) is 11.5 Å². The summed E-state index contributed by atoms with van der Waals surface area (Å²) < 4.78 is 5.21. The van der Waals surface area contributed by atoms with Crippen LogP contribution in [0.25, 0.3) is 0 Å². The number of hydrogen-bond acceptors (Lipinski definition) is 5. The van der Waals surface area contributed by atoms with Gasteiger partial charge in [0.2, 0.25) is 0 Å². The third kappa shape index (κ3) is 4.25. The fourth-order valence-corrected chi connectivity index (χ4v) is 1.51. The summed E-state index contributed by atoms with van der Waals surface area (Å²) in [5.74, 6) is -0.943. The van der Waals surface area contributed by atoms with E-state index in [1.165, 1.54) is 18.2 Å². The van der Waals surface area contributed by atoms with Crippen molar-refractivity contribution in [2.24, 2.45) is 0 Å². The van der Waals surface area contributed by atoms with E-state index in [2.05, 4.69) is 0 Å². The third-order valence-corrected chi connectivity index (χ3v) is 2.49. The van der Waals surface area contributed by atoms with Gasteiger partial charge >= 0.3 is 5.97 Å². The summed E-state index contributed by atoms with van der Waals surface area (Å²) in [5, 5.41) is 27.3. The van der Waals surface area contributed by atoms with Gasteiger partial charge in [-0.15, -0.1) is 0 Å². The van der Waals surface area contributed by atoms with Crippen molar-refractivity contribution in [1.29, 1.82) is 0 Å². The monoisotopic (exact) mass is 254 g/mol. The summed E-state index contributed by atoms with van der Waals surface area (Å²) in [4.78, 5) is 11.7. The highest BCUT2D eigenvalue weighted by Gasteiger charge is 2.22. The van der Waals surface area contributed by atoms with Gasteiger partial charge in [0.1, 0.15) is 5.60 Å². The molecule has 0 aliphatic rings. The molecule has 0 spiro atoms. The first-order valence-electron chi connectivity index (χ1n) is 5.67. The van der Waals surface area contributed by atoms with Crippen molar-refractivity contribution in [3.05, 3.63) is 23.8 Å². The summed E-state index contributed by atoms with van der Waals surface area (Å²) in [6.45, 7) is 3.38. The molecule has 0 heterocycles. The average Bonchev–Trinajstić information content (AvgIpc) is 2.22. The number of aliphatic hydroxyl groups excluding tert-OH is 1. The van der Waals surface area contributed by atoms with E-state index in [0.717, 1.165) is 0 Å². The van der Waals surface area contributed by atoms with Gasteiger partial charge in [-0.25, -0.2) is 0 Å². The Balaban J connectivity index is 2.62. The number of phenolic OH excluding ortho intramolecular Hbond substituents is 2. The number of carbonyl (C=O) groups excluding carboxylic acids is 1. The second kappa shape index (κ2) is 5.73. The van der Waals surface area contributed by atoms with Gasteiger partial charge in [0, 0.05) is 13.0 Å². The van der Waals surface area contributed by atoms with Crippen molar-refractivity contribution < 1.29 is 24.9 Å². The zero-order valence-corrected chi connectivity index (χ0v) is 10.5. The Labute approximate surface area is 106 Å². The van der Waals surface area contributed by atoms with Crippen LogP contribution >= 0.6 is 0 Å². The molecule has 100 valence electrons. The Bertz CT molecular complexity index is 425. The molecule has 0 aromatic heterocycles. The van der Waals surface area contributed by atoms with E-state index in [1.807, 2.05) is 0 Å². The van der Waals surface area contributed by atoms with Gasteiger partial charge in [-0.05, 0) is 31.5 Å². The molecule has 0 aliphatic carbocycles. The Hall–Kier alpha value is -1.75. The Kier molecular flexibility index (Phi) is 4.55. The largest absolute Gasteiger partial charge is 0.504 e. The van der Waals surface area contributed by atoms with Crippen molar-refractivity contribution in [1.82, 2.24) is 0 Å². The maximum atomic E-state index is 11.7. The minimum absolute atomic E-state index is 0.00268. The number of hydrogen-bond donors (Lipinski definition) is 3. The molecule has 3 N–H and O–H groups in total. The maximum Gasteiger partial charge on any atom is 0.310 e. The van der Waals surface area contributed by atoms with E-state index >= 15 is 0 Å². The number of rotatable bonds is 5. The van der Waals surface area contributed by atoms with Crippen LogP contribution in [-0.2, 0) is 16.0 Å². The van der Waals surface area contributed by atoms with Crippen molar-refractivity contribution in [2.75, 3.05) is 6.61 Å². The molecule has 1 aromatic carbocycles. The van der Waals surface area contributed by atoms with E-state index in [4.69, 9.17) is 14.9 Å². The van der Waals surface area contributed by atoms with Crippen LogP contribution in [0.2, 0.25) is 0 Å². The number of benzene rings is 1. The molecular formula is C13H18O5. The fourth-order valence-electron chi connectivity index (χ4n) is 1.51. The summed E-state index contributed by atoms with van der Waals surface area (Å²) in [6, 6.07) is 4.17. The quantitative estimate of drug-likeness (QED) is 0.545. The zero-order chi connectivity index (χ0) is 13.8. The SMILES string of the molecule is CC(C)(CCO)OC(=O)Cc1ccc(O)c(O)c1. The predicted molar refractivity (Wildman–Crippen MR) is 65.3 cm³/mol. The van der Waals surface area contributed by atoms with Gasteiger partial charge in [-0.1, -0.05) is 6.07 Å². The second-order valence-corrected chi connectivity index (χ2v) is 4.71. The van der Waals surface area contributed by atoms with Crippen LogP contribution in [0.1, 0.15) is 25.8 Å². The lowest BCUT2D eigenvalue weighted by Gasteiger charge is -2.24. The Morgan fingerprint density at radius 1 is 1.28 bits per heavy atom. The highest BCUT2D eigenvalue weighted by atomic mass is 16.6. The highest BCUT2D eigenvalue weighted by Crippen LogP contribution is 2.25. The van der Waals surface area contributed by atoms with E-state index in [0.29, 0.717) is 12.0 Å². The first-order chi connectivity index (χ1) is 8.34. The van der Waals surface area contributed by atoms with Crippen molar-refractivity contribution in [2.45, 2.75) is 32.3 Å².